The number of amides is 1. The van der Waals surface area contributed by atoms with Gasteiger partial charge >= 0.3 is 0 Å². The Bertz CT molecular complexity index is 1240. The maximum absolute atomic E-state index is 13.4. The Balaban J connectivity index is 1.31. The highest BCUT2D eigenvalue weighted by atomic mass is 32.1. The molecule has 1 aliphatic rings. The fraction of sp³-hybridized carbons (Fsp3) is 0.250. The average molecular weight is 448 g/mol. The zero-order valence-electron chi connectivity index (χ0n) is 17.4. The van der Waals surface area contributed by atoms with Gasteiger partial charge in [0.15, 0.2) is 5.13 Å². The third-order valence-electron chi connectivity index (χ3n) is 5.68. The summed E-state index contributed by atoms with van der Waals surface area (Å²) in [6.07, 6.45) is 9.10. The van der Waals surface area contributed by atoms with Crippen LogP contribution in [0.3, 0.4) is 0 Å². The van der Waals surface area contributed by atoms with Gasteiger partial charge < -0.3 is 4.57 Å². The Hall–Kier alpha value is -3.39. The van der Waals surface area contributed by atoms with E-state index in [0.717, 1.165) is 42.6 Å². The van der Waals surface area contributed by atoms with Crippen LogP contribution in [-0.2, 0) is 19.4 Å². The van der Waals surface area contributed by atoms with E-state index in [2.05, 4.69) is 15.3 Å². The number of pyridine rings is 2. The van der Waals surface area contributed by atoms with Crippen molar-refractivity contribution >= 4 is 22.4 Å². The lowest BCUT2D eigenvalue weighted by molar-refractivity contribution is 0.101. The highest BCUT2D eigenvalue weighted by Crippen LogP contribution is 2.38. The number of thiazole rings is 1. The zero-order chi connectivity index (χ0) is 21.9. The summed E-state index contributed by atoms with van der Waals surface area (Å²) >= 11 is 1.56. The first-order valence-corrected chi connectivity index (χ1v) is 11.4. The molecule has 6 nitrogen and oxygen atoms in total. The molecule has 32 heavy (non-hydrogen) atoms. The second-order valence-corrected chi connectivity index (χ2v) is 8.99. The number of halogens is 1. The summed E-state index contributed by atoms with van der Waals surface area (Å²) in [7, 11) is 0. The van der Waals surface area contributed by atoms with Crippen LogP contribution < -0.4 is 5.32 Å². The molecule has 0 radical (unpaired) electrons. The van der Waals surface area contributed by atoms with Crippen LogP contribution in [0.2, 0.25) is 0 Å². The van der Waals surface area contributed by atoms with E-state index in [-0.39, 0.29) is 5.91 Å². The average Bonchev–Trinajstić information content (AvgIpc) is 3.41. The van der Waals surface area contributed by atoms with Gasteiger partial charge in [-0.25, -0.2) is 9.97 Å². The van der Waals surface area contributed by atoms with Crippen LogP contribution in [0.15, 0.2) is 61.1 Å². The molecule has 1 amide bonds. The SMILES string of the molecule is O=C(Nc1nc2c(s1)CCCC2Cc1ccccn1)c1cccn1Cc1ccnc(F)c1. The number of carbonyl (C=O) groups is 1. The minimum Gasteiger partial charge on any atom is -0.339 e. The molecule has 4 aromatic heterocycles. The van der Waals surface area contributed by atoms with Gasteiger partial charge in [-0.3, -0.25) is 15.1 Å². The molecule has 5 rings (SSSR count). The van der Waals surface area contributed by atoms with Gasteiger partial charge in [0.25, 0.3) is 5.91 Å². The topological polar surface area (TPSA) is 72.7 Å². The molecule has 1 N–H and O–H groups in total. The first-order chi connectivity index (χ1) is 15.7. The van der Waals surface area contributed by atoms with E-state index >= 15 is 0 Å². The Morgan fingerprint density at radius 1 is 1.19 bits per heavy atom. The quantitative estimate of drug-likeness (QED) is 0.430. The number of hydrogen-bond acceptors (Lipinski definition) is 5. The number of fused-ring (bicyclic) bond motifs is 1. The van der Waals surface area contributed by atoms with Gasteiger partial charge in [-0.15, -0.1) is 11.3 Å². The van der Waals surface area contributed by atoms with E-state index in [1.165, 1.54) is 17.1 Å². The third-order valence-corrected chi connectivity index (χ3v) is 6.73. The standard InChI is InChI=1S/C24H22FN5OS/c25-21-13-16(9-11-27-21)15-30-12-4-7-19(30)23(31)29-24-28-22-17(5-3-8-20(22)32-24)14-18-6-1-2-10-26-18/h1-2,4,6-7,9-13,17H,3,5,8,14-15H2,(H,28,29,31). The summed E-state index contributed by atoms with van der Waals surface area (Å²) in [6, 6.07) is 12.7. The van der Waals surface area contributed by atoms with Crippen LogP contribution in [0.25, 0.3) is 0 Å². The molecule has 4 aromatic rings. The second kappa shape index (κ2) is 9.00. The number of hydrogen-bond donors (Lipinski definition) is 1. The Morgan fingerprint density at radius 2 is 2.12 bits per heavy atom. The molecular weight excluding hydrogens is 425 g/mol. The number of nitrogens with zero attached hydrogens (tertiary/aromatic N) is 4. The zero-order valence-corrected chi connectivity index (χ0v) is 18.2. The highest BCUT2D eigenvalue weighted by molar-refractivity contribution is 7.15. The predicted octanol–water partition coefficient (Wildman–Crippen LogP) is 4.84. The van der Waals surface area contributed by atoms with Crippen LogP contribution >= 0.6 is 11.3 Å². The van der Waals surface area contributed by atoms with Gasteiger partial charge in [0, 0.05) is 41.6 Å². The van der Waals surface area contributed by atoms with Crippen molar-refractivity contribution in [2.24, 2.45) is 0 Å². The fourth-order valence-electron chi connectivity index (χ4n) is 4.19. The minimum absolute atomic E-state index is 0.225. The van der Waals surface area contributed by atoms with Crippen molar-refractivity contribution in [2.75, 3.05) is 5.32 Å². The molecule has 0 aromatic carbocycles. The molecule has 1 aliphatic carbocycles. The maximum atomic E-state index is 13.4. The highest BCUT2D eigenvalue weighted by Gasteiger charge is 2.26. The predicted molar refractivity (Wildman–Crippen MR) is 121 cm³/mol. The molecule has 0 aliphatic heterocycles. The molecule has 0 fully saturated rings. The third kappa shape index (κ3) is 4.45. The van der Waals surface area contributed by atoms with E-state index in [1.807, 2.05) is 36.7 Å². The second-order valence-electron chi connectivity index (χ2n) is 7.90. The number of aryl methyl sites for hydroxylation is 1. The van der Waals surface area contributed by atoms with Gasteiger partial charge in [-0.2, -0.15) is 4.39 Å². The molecule has 8 heteroatoms. The Kier molecular flexibility index (Phi) is 5.77. The van der Waals surface area contributed by atoms with E-state index in [1.54, 1.807) is 28.0 Å². The van der Waals surface area contributed by atoms with Gasteiger partial charge in [0.2, 0.25) is 5.95 Å². The van der Waals surface area contributed by atoms with E-state index in [4.69, 9.17) is 4.98 Å². The number of aromatic nitrogens is 4. The molecular formula is C24H22FN5OS. The lowest BCUT2D eigenvalue weighted by Gasteiger charge is -2.20. The van der Waals surface area contributed by atoms with Crippen LogP contribution in [0.5, 0.6) is 0 Å². The van der Waals surface area contributed by atoms with Crippen molar-refractivity contribution in [3.8, 4) is 0 Å². The van der Waals surface area contributed by atoms with Gasteiger partial charge in [-0.1, -0.05) is 6.07 Å². The maximum Gasteiger partial charge on any atom is 0.274 e. The summed E-state index contributed by atoms with van der Waals surface area (Å²) in [5.74, 6) is -0.438. The normalized spacial score (nSPS) is 15.3. The monoisotopic (exact) mass is 447 g/mol. The number of rotatable bonds is 6. The summed E-state index contributed by atoms with van der Waals surface area (Å²) in [5, 5.41) is 3.59. The molecule has 162 valence electrons. The first-order valence-electron chi connectivity index (χ1n) is 10.6. The molecule has 0 saturated carbocycles. The molecule has 1 atom stereocenters. The number of nitrogens with one attached hydrogen (secondary N) is 1. The molecule has 4 heterocycles. The van der Waals surface area contributed by atoms with Crippen molar-refractivity contribution < 1.29 is 9.18 Å². The van der Waals surface area contributed by atoms with Crippen molar-refractivity contribution in [2.45, 2.75) is 38.1 Å². The minimum atomic E-state index is -0.533. The first kappa shape index (κ1) is 20.5. The summed E-state index contributed by atoms with van der Waals surface area (Å²) < 4.78 is 15.2. The largest absolute Gasteiger partial charge is 0.339 e. The van der Waals surface area contributed by atoms with Crippen molar-refractivity contribution in [3.05, 3.63) is 94.5 Å². The number of carbonyl (C=O) groups excluding carboxylic acids is 1. The summed E-state index contributed by atoms with van der Waals surface area (Å²) in [6.45, 7) is 0.385. The van der Waals surface area contributed by atoms with Crippen molar-refractivity contribution in [1.29, 1.82) is 0 Å². The Morgan fingerprint density at radius 3 is 2.97 bits per heavy atom. The van der Waals surface area contributed by atoms with Gasteiger partial charge in [-0.05, 0) is 67.6 Å². The van der Waals surface area contributed by atoms with E-state index in [0.29, 0.717) is 23.3 Å². The van der Waals surface area contributed by atoms with E-state index in [9.17, 15) is 9.18 Å². The van der Waals surface area contributed by atoms with Crippen LogP contribution in [0.4, 0.5) is 9.52 Å². The fourth-order valence-corrected chi connectivity index (χ4v) is 5.27. The summed E-state index contributed by atoms with van der Waals surface area (Å²) in [4.78, 5) is 27.1. The van der Waals surface area contributed by atoms with Crippen LogP contribution in [-0.4, -0.2) is 25.4 Å². The van der Waals surface area contributed by atoms with Crippen LogP contribution in [0, 0.1) is 5.95 Å². The van der Waals surface area contributed by atoms with Gasteiger partial charge in [0.05, 0.1) is 5.69 Å². The smallest absolute Gasteiger partial charge is 0.274 e. The number of anilines is 1. The lowest BCUT2D eigenvalue weighted by atomic mass is 9.87. The molecule has 1 unspecified atom stereocenters. The van der Waals surface area contributed by atoms with Crippen molar-refractivity contribution in [1.82, 2.24) is 19.5 Å². The molecule has 0 spiro atoms. The molecule has 0 bridgehead atoms. The van der Waals surface area contributed by atoms with Crippen molar-refractivity contribution in [3.63, 3.8) is 0 Å². The van der Waals surface area contributed by atoms with Gasteiger partial charge in [0.1, 0.15) is 5.69 Å². The summed E-state index contributed by atoms with van der Waals surface area (Å²) in [5.41, 5.74) is 3.39. The lowest BCUT2D eigenvalue weighted by Crippen LogP contribution is -2.17. The van der Waals surface area contributed by atoms with Crippen LogP contribution in [0.1, 0.15) is 51.1 Å². The molecule has 0 saturated heterocycles. The Labute approximate surface area is 189 Å². The van der Waals surface area contributed by atoms with E-state index < -0.39 is 5.95 Å².